The molecule has 0 fully saturated rings. The van der Waals surface area contributed by atoms with Crippen LogP contribution in [0.5, 0.6) is 5.75 Å². The number of para-hydroxylation sites is 1. The lowest BCUT2D eigenvalue weighted by Gasteiger charge is -2.27. The fraction of sp³-hybridized carbons (Fsp3) is 0.294. The molecule has 1 aromatic rings. The Kier molecular flexibility index (Phi) is 4.62. The van der Waals surface area contributed by atoms with Crippen molar-refractivity contribution in [1.29, 1.82) is 0 Å². The Balaban J connectivity index is 1.86. The monoisotopic (exact) mass is 366 g/mol. The van der Waals surface area contributed by atoms with E-state index in [9.17, 15) is 18.0 Å². The number of hydrazone groups is 1. The Bertz CT molecular complexity index is 814. The first-order chi connectivity index (χ1) is 12.2. The molecule has 1 heterocycles. The van der Waals surface area contributed by atoms with Crippen molar-refractivity contribution in [2.45, 2.75) is 18.6 Å². The molecule has 0 bridgehead atoms. The van der Waals surface area contributed by atoms with Gasteiger partial charge < -0.3 is 16.2 Å². The molecule has 26 heavy (non-hydrogen) atoms. The zero-order chi connectivity index (χ0) is 18.9. The molecule has 0 radical (unpaired) electrons. The van der Waals surface area contributed by atoms with Crippen LogP contribution >= 0.6 is 0 Å². The van der Waals surface area contributed by atoms with E-state index in [0.717, 1.165) is 11.1 Å². The molecule has 1 aliphatic carbocycles. The summed E-state index contributed by atoms with van der Waals surface area (Å²) < 4.78 is 42.4. The van der Waals surface area contributed by atoms with Crippen LogP contribution in [0.4, 0.5) is 13.2 Å². The van der Waals surface area contributed by atoms with Crippen LogP contribution in [-0.4, -0.2) is 42.1 Å². The van der Waals surface area contributed by atoms with E-state index < -0.39 is 18.7 Å². The van der Waals surface area contributed by atoms with Gasteiger partial charge in [-0.25, -0.2) is 0 Å². The topological polar surface area (TPSA) is 93.9 Å². The van der Waals surface area contributed by atoms with Crippen LogP contribution in [0, 0.1) is 0 Å². The minimum Gasteiger partial charge on any atom is -0.483 e. The molecule has 1 aliphatic heterocycles. The number of amidine groups is 1. The standard InChI is InChI=1S/C17H17F3N4O2/c18-17(19,20)9-26-14-4-2-1-3-11(14)10-5-6-12-13(7-10)24(8-15(21)25)23-16(12)22/h1-6,13H,7-9H2,(H2,21,25)(H2,22,23). The number of allylic oxidation sites excluding steroid dienone is 2. The Morgan fingerprint density at radius 2 is 2.04 bits per heavy atom. The summed E-state index contributed by atoms with van der Waals surface area (Å²) in [5.74, 6) is -0.109. The number of halogens is 3. The largest absolute Gasteiger partial charge is 0.483 e. The van der Waals surface area contributed by atoms with Gasteiger partial charge in [-0.05, 0) is 18.1 Å². The van der Waals surface area contributed by atoms with Crippen molar-refractivity contribution < 1.29 is 22.7 Å². The van der Waals surface area contributed by atoms with Crippen molar-refractivity contribution >= 4 is 17.3 Å². The second kappa shape index (κ2) is 6.74. The number of primary amides is 1. The van der Waals surface area contributed by atoms with E-state index in [-0.39, 0.29) is 18.3 Å². The fourth-order valence-corrected chi connectivity index (χ4v) is 3.00. The van der Waals surface area contributed by atoms with Crippen molar-refractivity contribution in [2.24, 2.45) is 16.6 Å². The minimum atomic E-state index is -4.42. The highest BCUT2D eigenvalue weighted by atomic mass is 19.4. The molecule has 1 amide bonds. The summed E-state index contributed by atoms with van der Waals surface area (Å²) in [6.07, 6.45) is -0.482. The average molecular weight is 366 g/mol. The third kappa shape index (κ3) is 3.81. The lowest BCUT2D eigenvalue weighted by atomic mass is 9.89. The molecule has 0 saturated carbocycles. The van der Waals surface area contributed by atoms with Gasteiger partial charge >= 0.3 is 6.18 Å². The molecule has 138 valence electrons. The number of fused-ring (bicyclic) bond motifs is 1. The molecule has 3 rings (SSSR count). The van der Waals surface area contributed by atoms with Gasteiger partial charge in [0.2, 0.25) is 5.91 Å². The third-order valence-electron chi connectivity index (χ3n) is 4.07. The van der Waals surface area contributed by atoms with Gasteiger partial charge in [0.05, 0.1) is 6.04 Å². The molecule has 1 unspecified atom stereocenters. The summed E-state index contributed by atoms with van der Waals surface area (Å²) in [5.41, 5.74) is 13.2. The zero-order valence-corrected chi connectivity index (χ0v) is 13.7. The number of carbonyl (C=O) groups excluding carboxylic acids is 1. The van der Waals surface area contributed by atoms with E-state index >= 15 is 0 Å². The molecule has 0 aromatic heterocycles. The Hall–Kier alpha value is -2.97. The highest BCUT2D eigenvalue weighted by Gasteiger charge is 2.34. The minimum absolute atomic E-state index is 0.0950. The average Bonchev–Trinajstić information content (AvgIpc) is 2.87. The van der Waals surface area contributed by atoms with Crippen molar-refractivity contribution in [3.63, 3.8) is 0 Å². The van der Waals surface area contributed by atoms with Crippen molar-refractivity contribution in [2.75, 3.05) is 13.2 Å². The number of carbonyl (C=O) groups is 1. The van der Waals surface area contributed by atoms with Crippen molar-refractivity contribution in [1.82, 2.24) is 5.01 Å². The van der Waals surface area contributed by atoms with E-state index in [2.05, 4.69) is 5.10 Å². The van der Waals surface area contributed by atoms with E-state index in [1.54, 1.807) is 30.4 Å². The number of amides is 1. The smallest absolute Gasteiger partial charge is 0.422 e. The first kappa shape index (κ1) is 17.8. The Morgan fingerprint density at radius 1 is 1.31 bits per heavy atom. The molecular weight excluding hydrogens is 349 g/mol. The molecule has 0 spiro atoms. The summed E-state index contributed by atoms with van der Waals surface area (Å²) in [4.78, 5) is 11.2. The molecule has 2 aliphatic rings. The van der Waals surface area contributed by atoms with E-state index in [1.807, 2.05) is 0 Å². The second-order valence-electron chi connectivity index (χ2n) is 5.98. The van der Waals surface area contributed by atoms with Crippen LogP contribution < -0.4 is 16.2 Å². The van der Waals surface area contributed by atoms with Crippen LogP contribution in [0.1, 0.15) is 12.0 Å². The van der Waals surface area contributed by atoms with Gasteiger partial charge in [0.15, 0.2) is 6.61 Å². The second-order valence-corrected chi connectivity index (χ2v) is 5.98. The summed E-state index contributed by atoms with van der Waals surface area (Å²) in [5, 5.41) is 5.63. The fourth-order valence-electron chi connectivity index (χ4n) is 3.00. The Labute approximate surface area is 147 Å². The van der Waals surface area contributed by atoms with Crippen molar-refractivity contribution in [3.8, 4) is 5.75 Å². The molecule has 4 N–H and O–H groups in total. The number of alkyl halides is 3. The number of hydrogen-bond acceptors (Lipinski definition) is 5. The summed E-state index contributed by atoms with van der Waals surface area (Å²) in [7, 11) is 0. The molecule has 9 heteroatoms. The van der Waals surface area contributed by atoms with Crippen molar-refractivity contribution in [3.05, 3.63) is 47.6 Å². The predicted octanol–water partition coefficient (Wildman–Crippen LogP) is 1.78. The van der Waals surface area contributed by atoms with Gasteiger partial charge in [-0.1, -0.05) is 30.4 Å². The van der Waals surface area contributed by atoms with E-state index in [1.165, 1.54) is 11.1 Å². The summed E-state index contributed by atoms with van der Waals surface area (Å²) in [6, 6.07) is 6.21. The summed E-state index contributed by atoms with van der Waals surface area (Å²) in [6.45, 7) is -1.46. The lowest BCUT2D eigenvalue weighted by molar-refractivity contribution is -0.153. The number of nitrogens with zero attached hydrogens (tertiary/aromatic N) is 2. The van der Waals surface area contributed by atoms with Crippen LogP contribution in [0.2, 0.25) is 0 Å². The van der Waals surface area contributed by atoms with Gasteiger partial charge in [0.1, 0.15) is 18.1 Å². The number of hydrogen-bond donors (Lipinski definition) is 2. The van der Waals surface area contributed by atoms with E-state index in [4.69, 9.17) is 16.2 Å². The van der Waals surface area contributed by atoms with E-state index in [0.29, 0.717) is 17.8 Å². The van der Waals surface area contributed by atoms with Crippen LogP contribution in [-0.2, 0) is 4.79 Å². The first-order valence-electron chi connectivity index (χ1n) is 7.83. The van der Waals surface area contributed by atoms with Crippen LogP contribution in [0.15, 0.2) is 47.1 Å². The molecule has 1 atom stereocenters. The number of rotatable bonds is 5. The lowest BCUT2D eigenvalue weighted by Crippen LogP contribution is -2.36. The molecule has 6 nitrogen and oxygen atoms in total. The van der Waals surface area contributed by atoms with Gasteiger partial charge in [0, 0.05) is 11.1 Å². The normalized spacial score (nSPS) is 19.4. The van der Waals surface area contributed by atoms with Crippen LogP contribution in [0.25, 0.3) is 5.57 Å². The maximum atomic E-state index is 12.5. The zero-order valence-electron chi connectivity index (χ0n) is 13.7. The third-order valence-corrected chi connectivity index (χ3v) is 4.07. The highest BCUT2D eigenvalue weighted by molar-refractivity contribution is 6.01. The quantitative estimate of drug-likeness (QED) is 0.831. The van der Waals surface area contributed by atoms with Gasteiger partial charge in [-0.15, -0.1) is 0 Å². The predicted molar refractivity (Wildman–Crippen MR) is 90.0 cm³/mol. The van der Waals surface area contributed by atoms with Gasteiger partial charge in [0.25, 0.3) is 0 Å². The highest BCUT2D eigenvalue weighted by Crippen LogP contribution is 2.37. The molecule has 1 aromatic carbocycles. The number of benzene rings is 1. The molecule has 0 saturated heterocycles. The number of nitrogens with two attached hydrogens (primary N) is 2. The maximum Gasteiger partial charge on any atom is 0.422 e. The van der Waals surface area contributed by atoms with Gasteiger partial charge in [-0.2, -0.15) is 18.3 Å². The van der Waals surface area contributed by atoms with Crippen LogP contribution in [0.3, 0.4) is 0 Å². The summed E-state index contributed by atoms with van der Waals surface area (Å²) >= 11 is 0. The molecular formula is C17H17F3N4O2. The number of ether oxygens (including phenoxy) is 1. The Morgan fingerprint density at radius 3 is 2.73 bits per heavy atom. The first-order valence-corrected chi connectivity index (χ1v) is 7.83. The maximum absolute atomic E-state index is 12.5. The SMILES string of the molecule is NC(=O)CN1N=C(N)C2=CC=C(c3ccccc3OCC(F)(F)F)CC21. The van der Waals surface area contributed by atoms with Gasteiger partial charge in [-0.3, -0.25) is 9.80 Å².